The molecule has 0 saturated heterocycles. The van der Waals surface area contributed by atoms with Crippen molar-refractivity contribution in [2.24, 2.45) is 23.3 Å². The van der Waals surface area contributed by atoms with E-state index in [-0.39, 0.29) is 0 Å². The van der Waals surface area contributed by atoms with Gasteiger partial charge in [-0.2, -0.15) is 0 Å². The van der Waals surface area contributed by atoms with Gasteiger partial charge in [-0.1, -0.05) is 6.42 Å². The Bertz CT molecular complexity index is 106. The Morgan fingerprint density at radius 3 is 2.30 bits per heavy atom. The van der Waals surface area contributed by atoms with Gasteiger partial charge in [0.2, 0.25) is 0 Å². The van der Waals surface area contributed by atoms with E-state index in [1.54, 1.807) is 0 Å². The third-order valence-electron chi connectivity index (χ3n) is 2.47. The highest BCUT2D eigenvalue weighted by Crippen LogP contribution is 2.27. The van der Waals surface area contributed by atoms with E-state index < -0.39 is 0 Å². The van der Waals surface area contributed by atoms with Crippen molar-refractivity contribution in [1.82, 2.24) is 0 Å². The van der Waals surface area contributed by atoms with Crippen molar-refractivity contribution >= 4 is 0 Å². The topological polar surface area (TPSA) is 52.0 Å². The quantitative estimate of drug-likeness (QED) is 0.610. The van der Waals surface area contributed by atoms with Gasteiger partial charge in [-0.15, -0.1) is 0 Å². The Kier molecular flexibility index (Phi) is 2.19. The summed E-state index contributed by atoms with van der Waals surface area (Å²) in [6.07, 6.45) is 4.94. The van der Waals surface area contributed by atoms with Gasteiger partial charge in [0.15, 0.2) is 0 Å². The van der Waals surface area contributed by atoms with Crippen LogP contribution in [-0.4, -0.2) is 13.1 Å². The Labute approximate surface area is 65.9 Å². The number of hydrogen-bond donors (Lipinski definition) is 2. The minimum Gasteiger partial charge on any atom is -0.330 e. The van der Waals surface area contributed by atoms with Gasteiger partial charge in [-0.3, -0.25) is 0 Å². The second kappa shape index (κ2) is 3.94. The molecule has 10 heavy (non-hydrogen) atoms. The third-order valence-corrected chi connectivity index (χ3v) is 2.47. The van der Waals surface area contributed by atoms with Crippen molar-refractivity contribution in [3.63, 3.8) is 0 Å². The highest BCUT2D eigenvalue weighted by Gasteiger charge is 2.19. The van der Waals surface area contributed by atoms with Crippen molar-refractivity contribution < 1.29 is 2.82 Å². The number of rotatable bonds is 4. The summed E-state index contributed by atoms with van der Waals surface area (Å²) in [5.74, 6) is 1.32. The molecule has 1 saturated carbocycles. The third kappa shape index (κ3) is 1.96. The summed E-state index contributed by atoms with van der Waals surface area (Å²) in [5.41, 5.74) is 4.97. The summed E-state index contributed by atoms with van der Waals surface area (Å²) in [5, 5.41) is 0. The van der Waals surface area contributed by atoms with Crippen LogP contribution in [0.1, 0.15) is 25.7 Å². The highest BCUT2D eigenvalue weighted by atomic mass is 14.6. The van der Waals surface area contributed by atoms with E-state index >= 15 is 0 Å². The van der Waals surface area contributed by atoms with Crippen LogP contribution >= 0.6 is 0 Å². The fourth-order valence-electron chi connectivity index (χ4n) is 1.77. The first kappa shape index (κ1) is 5.56. The Hall–Kier alpha value is -0.0800. The summed E-state index contributed by atoms with van der Waals surface area (Å²) >= 11 is 0. The number of hydrogen-bond acceptors (Lipinski definition) is 2. The lowest BCUT2D eigenvalue weighted by molar-refractivity contribution is 0.277. The molecule has 60 valence electrons. The fraction of sp³-hybridized carbons (Fsp3) is 1.00. The van der Waals surface area contributed by atoms with Gasteiger partial charge in [-0.05, 0) is 44.2 Å². The van der Waals surface area contributed by atoms with Crippen molar-refractivity contribution in [2.45, 2.75) is 25.7 Å². The largest absolute Gasteiger partial charge is 0.330 e. The predicted octanol–water partition coefficient (Wildman–Crippen LogP) is 0.710. The van der Waals surface area contributed by atoms with E-state index in [4.69, 9.17) is 2.82 Å². The molecule has 1 aliphatic rings. The first-order valence-electron chi connectivity index (χ1n) is 5.16. The van der Waals surface area contributed by atoms with E-state index in [0.717, 1.165) is 13.1 Å². The number of nitrogens with two attached hydrogens (primary N) is 2. The van der Waals surface area contributed by atoms with E-state index in [1.165, 1.54) is 25.7 Å². The zero-order valence-corrected chi connectivity index (χ0v) is 6.40. The smallest absolute Gasteiger partial charge is 0.118 e. The second-order valence-corrected chi connectivity index (χ2v) is 3.31. The molecule has 0 aliphatic heterocycles. The van der Waals surface area contributed by atoms with Crippen LogP contribution in [0.2, 0.25) is 2.82 Å². The maximum atomic E-state index is 6.90. The molecule has 0 aromatic carbocycles. The molecule has 4 N–H and O–H groups in total. The molecule has 0 radical (unpaired) electrons. The van der Waals surface area contributed by atoms with Crippen LogP contribution < -0.4 is 11.5 Å². The SMILES string of the molecule is [2H]NC[C@H]1CCC[C@H](CN[2H])C1. The van der Waals surface area contributed by atoms with Gasteiger partial charge in [0.1, 0.15) is 2.82 Å². The standard InChI is InChI=1S/C8H18N2/c9-5-7-2-1-3-8(4-7)6-10/h7-8H,1-6,9-10H2/t7-,8-/m0/s1/i/hD2. The first-order chi connectivity index (χ1) is 5.86. The van der Waals surface area contributed by atoms with Gasteiger partial charge in [0.25, 0.3) is 0 Å². The molecule has 1 rings (SSSR count). The van der Waals surface area contributed by atoms with Gasteiger partial charge >= 0.3 is 0 Å². The molecule has 0 bridgehead atoms. The highest BCUT2D eigenvalue weighted by molar-refractivity contribution is 4.73. The maximum Gasteiger partial charge on any atom is 0.118 e. The van der Waals surface area contributed by atoms with E-state index in [0.29, 0.717) is 11.8 Å². The fourth-order valence-corrected chi connectivity index (χ4v) is 1.77. The summed E-state index contributed by atoms with van der Waals surface area (Å²) in [6, 6.07) is 0. The van der Waals surface area contributed by atoms with Crippen LogP contribution in [0, 0.1) is 11.8 Å². The lowest BCUT2D eigenvalue weighted by atomic mass is 9.81. The lowest BCUT2D eigenvalue weighted by Crippen LogP contribution is -2.26. The molecule has 2 nitrogen and oxygen atoms in total. The Balaban J connectivity index is 2.20. The van der Waals surface area contributed by atoms with E-state index in [2.05, 4.69) is 11.5 Å². The van der Waals surface area contributed by atoms with Crippen LogP contribution in [0.3, 0.4) is 0 Å². The zero-order valence-electron chi connectivity index (χ0n) is 8.40. The molecule has 1 fully saturated rings. The summed E-state index contributed by atoms with van der Waals surface area (Å²) in [4.78, 5) is 0. The Morgan fingerprint density at radius 1 is 1.20 bits per heavy atom. The molecule has 0 spiro atoms. The van der Waals surface area contributed by atoms with Crippen LogP contribution in [0.25, 0.3) is 0 Å². The van der Waals surface area contributed by atoms with Gasteiger partial charge in [-0.25, -0.2) is 0 Å². The maximum absolute atomic E-state index is 6.90. The van der Waals surface area contributed by atoms with Gasteiger partial charge < -0.3 is 11.5 Å². The second-order valence-electron chi connectivity index (χ2n) is 3.31. The molecule has 0 aromatic heterocycles. The molecule has 0 unspecified atom stereocenters. The lowest BCUT2D eigenvalue weighted by Gasteiger charge is -2.26. The molecule has 0 aromatic rings. The summed E-state index contributed by atoms with van der Waals surface area (Å²) in [7, 11) is 0. The molecular weight excluding hydrogens is 124 g/mol. The van der Waals surface area contributed by atoms with Crippen LogP contribution in [0.4, 0.5) is 0 Å². The molecule has 1 aliphatic carbocycles. The van der Waals surface area contributed by atoms with Crippen LogP contribution in [0.15, 0.2) is 0 Å². The van der Waals surface area contributed by atoms with E-state index in [1.807, 2.05) is 0 Å². The van der Waals surface area contributed by atoms with Crippen molar-refractivity contribution in [1.29, 1.82) is 0 Å². The monoisotopic (exact) mass is 144 g/mol. The van der Waals surface area contributed by atoms with Gasteiger partial charge in [0, 0.05) is 0 Å². The van der Waals surface area contributed by atoms with Crippen LogP contribution in [0.5, 0.6) is 0 Å². The average molecular weight is 144 g/mol. The van der Waals surface area contributed by atoms with Gasteiger partial charge in [0.05, 0.1) is 0 Å². The summed E-state index contributed by atoms with van der Waals surface area (Å²) < 4.78 is 13.8. The minimum absolute atomic E-state index is 0.662. The normalized spacial score (nSPS) is 36.8. The zero-order chi connectivity index (χ0) is 8.81. The molecule has 0 amide bonds. The predicted molar refractivity (Wildman–Crippen MR) is 43.6 cm³/mol. The van der Waals surface area contributed by atoms with Crippen molar-refractivity contribution in [3.05, 3.63) is 0 Å². The first-order valence-corrected chi connectivity index (χ1v) is 4.16. The van der Waals surface area contributed by atoms with Crippen LogP contribution in [-0.2, 0) is 0 Å². The van der Waals surface area contributed by atoms with Crippen molar-refractivity contribution in [3.8, 4) is 0 Å². The van der Waals surface area contributed by atoms with E-state index in [9.17, 15) is 0 Å². The average Bonchev–Trinajstić information content (AvgIpc) is 2.06. The molecule has 0 heterocycles. The van der Waals surface area contributed by atoms with Crippen molar-refractivity contribution in [2.75, 3.05) is 13.1 Å². The molecule has 2 heteroatoms. The minimum atomic E-state index is 0.662. The Morgan fingerprint density at radius 2 is 1.80 bits per heavy atom. The summed E-state index contributed by atoms with van der Waals surface area (Å²) in [6.45, 7) is 1.63. The molecular formula is C8H18N2. The molecule has 2 atom stereocenters.